The number of nitrogens with zero attached hydrogens (tertiary/aromatic N) is 6. The molecule has 2 aromatic heterocycles. The van der Waals surface area contributed by atoms with Crippen LogP contribution < -0.4 is 15.4 Å². The Morgan fingerprint density at radius 2 is 1.87 bits per heavy atom. The Kier molecular flexibility index (Phi) is 10.5. The average molecular weight is 633 g/mol. The molecular formula is C33H44N8O3S. The lowest BCUT2D eigenvalue weighted by atomic mass is 9.86. The molecule has 1 aliphatic heterocycles. The van der Waals surface area contributed by atoms with Gasteiger partial charge in [-0.2, -0.15) is 19.6 Å². The number of amides is 1. The summed E-state index contributed by atoms with van der Waals surface area (Å²) in [5.41, 5.74) is 4.76. The number of piperidine rings is 1. The fraction of sp³-hybridized carbons (Fsp3) is 0.455. The number of aryl methyl sites for hydroxylation is 1. The lowest BCUT2D eigenvalue weighted by Crippen LogP contribution is -2.48. The van der Waals surface area contributed by atoms with Crippen molar-refractivity contribution in [2.75, 3.05) is 51.0 Å². The number of hydrogen-bond donors (Lipinski definition) is 3. The second kappa shape index (κ2) is 14.5. The molecule has 1 unspecified atom stereocenters. The number of carbonyl (C=O) groups excluding carboxylic acids is 1. The van der Waals surface area contributed by atoms with Crippen molar-refractivity contribution in [2.24, 2.45) is 0 Å². The summed E-state index contributed by atoms with van der Waals surface area (Å²) < 4.78 is 7.54. The molecule has 0 spiro atoms. The zero-order valence-corrected chi connectivity index (χ0v) is 27.8. The predicted octanol–water partition coefficient (Wildman–Crippen LogP) is 5.45. The van der Waals surface area contributed by atoms with Crippen LogP contribution >= 0.6 is 11.8 Å². The number of fused-ring (bicyclic) bond motifs is 1. The smallest absolute Gasteiger partial charge is 0.239 e. The molecule has 0 saturated carbocycles. The summed E-state index contributed by atoms with van der Waals surface area (Å²) in [5.74, 6) is 2.12. The fourth-order valence-corrected chi connectivity index (χ4v) is 6.67. The minimum atomic E-state index is -0.255. The van der Waals surface area contributed by atoms with Gasteiger partial charge in [0.15, 0.2) is 5.65 Å². The Morgan fingerprint density at radius 3 is 2.58 bits per heavy atom. The lowest BCUT2D eigenvalue weighted by Gasteiger charge is -2.36. The van der Waals surface area contributed by atoms with E-state index in [9.17, 15) is 9.90 Å². The van der Waals surface area contributed by atoms with Gasteiger partial charge in [-0.15, -0.1) is 11.8 Å². The van der Waals surface area contributed by atoms with E-state index in [4.69, 9.17) is 14.7 Å². The second-order valence-corrected chi connectivity index (χ2v) is 13.4. The third-order valence-corrected chi connectivity index (χ3v) is 9.39. The predicted molar refractivity (Wildman–Crippen MR) is 180 cm³/mol. The Balaban J connectivity index is 1.34. The van der Waals surface area contributed by atoms with Gasteiger partial charge in [0.1, 0.15) is 5.75 Å². The van der Waals surface area contributed by atoms with E-state index in [-0.39, 0.29) is 18.6 Å². The van der Waals surface area contributed by atoms with E-state index in [0.717, 1.165) is 34.7 Å². The van der Waals surface area contributed by atoms with Crippen LogP contribution in [0.4, 0.5) is 23.3 Å². The summed E-state index contributed by atoms with van der Waals surface area (Å²) in [5, 5.41) is 21.0. The van der Waals surface area contributed by atoms with Crippen molar-refractivity contribution in [3.05, 3.63) is 59.8 Å². The molecule has 4 aromatic rings. The van der Waals surface area contributed by atoms with Crippen LogP contribution in [0, 0.1) is 6.92 Å². The summed E-state index contributed by atoms with van der Waals surface area (Å²) >= 11 is 1.79. The SMILES string of the molecule is COc1cc(C2CCN(C(=O)C(C)N(C)CCO)CC2)c(C)cc1Nc1nc(Nc2ccccc2SC(C)C)n2nccc2n1. The lowest BCUT2D eigenvalue weighted by molar-refractivity contribution is -0.137. The van der Waals surface area contributed by atoms with Crippen molar-refractivity contribution in [3.8, 4) is 5.75 Å². The van der Waals surface area contributed by atoms with E-state index in [0.29, 0.717) is 54.1 Å². The van der Waals surface area contributed by atoms with Crippen LogP contribution in [0.3, 0.4) is 0 Å². The number of para-hydroxylation sites is 1. The number of carbonyl (C=O) groups is 1. The van der Waals surface area contributed by atoms with Crippen LogP contribution in [-0.2, 0) is 4.79 Å². The minimum absolute atomic E-state index is 0.0385. The number of anilines is 4. The molecule has 3 heterocycles. The van der Waals surface area contributed by atoms with Crippen molar-refractivity contribution in [2.45, 2.75) is 62.6 Å². The molecule has 0 aliphatic carbocycles. The first kappa shape index (κ1) is 32.5. The summed E-state index contributed by atoms with van der Waals surface area (Å²) in [6, 6.07) is 14.0. The fourth-order valence-electron chi connectivity index (χ4n) is 5.75. The molecule has 3 N–H and O–H groups in total. The first-order chi connectivity index (χ1) is 21.7. The highest BCUT2D eigenvalue weighted by molar-refractivity contribution is 8.00. The number of aliphatic hydroxyl groups excluding tert-OH is 1. The summed E-state index contributed by atoms with van der Waals surface area (Å²) in [4.78, 5) is 27.5. The molecule has 5 rings (SSSR count). The third kappa shape index (κ3) is 7.51. The molecule has 1 atom stereocenters. The average Bonchev–Trinajstić information content (AvgIpc) is 3.50. The van der Waals surface area contributed by atoms with Crippen molar-refractivity contribution in [3.63, 3.8) is 0 Å². The highest BCUT2D eigenvalue weighted by Crippen LogP contribution is 2.38. The highest BCUT2D eigenvalue weighted by atomic mass is 32.2. The Labute approximate surface area is 269 Å². The standard InChI is InChI=1S/C33H44N8O3S/c1-21(2)45-29-10-8-7-9-26(29)36-33-38-32(37-30-11-14-34-41(30)33)35-27-19-22(3)25(20-28(27)44-6)24-12-15-40(16-13-24)31(43)23(4)39(5)17-18-42/h7-11,14,19-21,23-24,42H,12-13,15-18H2,1-6H3,(H2,35,36,37,38). The van der Waals surface area contributed by atoms with Crippen LogP contribution in [0.1, 0.15) is 50.7 Å². The van der Waals surface area contributed by atoms with Gasteiger partial charge in [-0.05, 0) is 75.0 Å². The van der Waals surface area contributed by atoms with Crippen molar-refractivity contribution in [1.29, 1.82) is 0 Å². The molecule has 0 radical (unpaired) electrons. The van der Waals surface area contributed by atoms with E-state index in [1.54, 1.807) is 29.6 Å². The largest absolute Gasteiger partial charge is 0.495 e. The van der Waals surface area contributed by atoms with Gasteiger partial charge in [-0.1, -0.05) is 26.0 Å². The van der Waals surface area contributed by atoms with Crippen molar-refractivity contribution < 1.29 is 14.6 Å². The Morgan fingerprint density at radius 1 is 1.11 bits per heavy atom. The van der Waals surface area contributed by atoms with Gasteiger partial charge in [0.25, 0.3) is 0 Å². The molecule has 11 nitrogen and oxygen atoms in total. The molecule has 45 heavy (non-hydrogen) atoms. The number of aliphatic hydroxyl groups is 1. The highest BCUT2D eigenvalue weighted by Gasteiger charge is 2.29. The zero-order valence-electron chi connectivity index (χ0n) is 26.9. The summed E-state index contributed by atoms with van der Waals surface area (Å²) in [6.07, 6.45) is 3.47. The van der Waals surface area contributed by atoms with E-state index < -0.39 is 0 Å². The second-order valence-electron chi connectivity index (χ2n) is 11.8. The Hall–Kier alpha value is -3.87. The maximum atomic E-state index is 13.0. The van der Waals surface area contributed by atoms with Crippen LogP contribution in [-0.4, -0.2) is 92.1 Å². The number of likely N-dealkylation sites (tertiary alicyclic amines) is 1. The molecule has 2 aromatic carbocycles. The van der Waals surface area contributed by atoms with Crippen LogP contribution in [0.15, 0.2) is 53.6 Å². The molecular weight excluding hydrogens is 588 g/mol. The van der Waals surface area contributed by atoms with E-state index in [1.807, 2.05) is 48.0 Å². The molecule has 1 aliphatic rings. The van der Waals surface area contributed by atoms with Gasteiger partial charge in [-0.25, -0.2) is 0 Å². The van der Waals surface area contributed by atoms with Gasteiger partial charge in [0.2, 0.25) is 17.8 Å². The van der Waals surface area contributed by atoms with Crippen LogP contribution in [0.25, 0.3) is 5.65 Å². The van der Waals surface area contributed by atoms with Crippen molar-refractivity contribution in [1.82, 2.24) is 29.4 Å². The number of methoxy groups -OCH3 is 1. The van der Waals surface area contributed by atoms with Gasteiger partial charge in [0.05, 0.1) is 37.3 Å². The zero-order chi connectivity index (χ0) is 32.1. The number of aromatic nitrogens is 4. The van der Waals surface area contributed by atoms with Crippen LogP contribution in [0.2, 0.25) is 0 Å². The first-order valence-corrected chi connectivity index (χ1v) is 16.4. The molecule has 1 saturated heterocycles. The summed E-state index contributed by atoms with van der Waals surface area (Å²) in [6.45, 7) is 10.3. The third-order valence-electron chi connectivity index (χ3n) is 8.30. The van der Waals surface area contributed by atoms with Gasteiger partial charge < -0.3 is 25.4 Å². The normalized spacial score (nSPS) is 14.7. The van der Waals surface area contributed by atoms with Gasteiger partial charge >= 0.3 is 0 Å². The van der Waals surface area contributed by atoms with Crippen molar-refractivity contribution >= 4 is 46.6 Å². The quantitative estimate of drug-likeness (QED) is 0.174. The number of ether oxygens (including phenoxy) is 1. The molecule has 12 heteroatoms. The maximum Gasteiger partial charge on any atom is 0.239 e. The topological polar surface area (TPSA) is 120 Å². The molecule has 1 fully saturated rings. The number of likely N-dealkylation sites (N-methyl/N-ethyl adjacent to an activating group) is 1. The van der Waals surface area contributed by atoms with E-state index in [2.05, 4.69) is 54.7 Å². The maximum absolute atomic E-state index is 13.0. The summed E-state index contributed by atoms with van der Waals surface area (Å²) in [7, 11) is 3.54. The monoisotopic (exact) mass is 632 g/mol. The van der Waals surface area contributed by atoms with Gasteiger partial charge in [0, 0.05) is 35.8 Å². The first-order valence-electron chi connectivity index (χ1n) is 15.5. The van der Waals surface area contributed by atoms with E-state index >= 15 is 0 Å². The van der Waals surface area contributed by atoms with Gasteiger partial charge in [-0.3, -0.25) is 9.69 Å². The number of rotatable bonds is 12. The molecule has 240 valence electrons. The number of nitrogens with one attached hydrogen (secondary N) is 2. The van der Waals surface area contributed by atoms with E-state index in [1.165, 1.54) is 5.56 Å². The minimum Gasteiger partial charge on any atom is -0.495 e. The molecule has 1 amide bonds. The number of hydrogen-bond acceptors (Lipinski definition) is 10. The molecule has 0 bridgehead atoms. The number of thioether (sulfide) groups is 1. The Bertz CT molecular complexity index is 1620. The van der Waals surface area contributed by atoms with Crippen LogP contribution in [0.5, 0.6) is 5.75 Å². The number of benzene rings is 2.